The molecule has 0 bridgehead atoms. The van der Waals surface area contributed by atoms with Gasteiger partial charge in [-0.1, -0.05) is 6.07 Å². The zero-order valence-electron chi connectivity index (χ0n) is 17.0. The van der Waals surface area contributed by atoms with Crippen LogP contribution in [0.5, 0.6) is 23.0 Å². The van der Waals surface area contributed by atoms with Crippen LogP contribution in [0.15, 0.2) is 36.4 Å². The summed E-state index contributed by atoms with van der Waals surface area (Å²) in [6.07, 6.45) is -7.45. The van der Waals surface area contributed by atoms with E-state index < -0.39 is 49.9 Å². The van der Waals surface area contributed by atoms with Gasteiger partial charge in [-0.25, -0.2) is 4.79 Å². The molecule has 1 fully saturated rings. The molecule has 0 aliphatic carbocycles. The summed E-state index contributed by atoms with van der Waals surface area (Å²) in [5.74, 6) is -1.32. The number of ether oxygens (including phenoxy) is 4. The smallest absolute Gasteiger partial charge is 0.346 e. The molecule has 0 spiro atoms. The van der Waals surface area contributed by atoms with Gasteiger partial charge in [-0.3, -0.25) is 0 Å². The number of methoxy groups -OCH3 is 1. The second kappa shape index (κ2) is 10.0. The highest BCUT2D eigenvalue weighted by Gasteiger charge is 2.45. The molecule has 0 amide bonds. The van der Waals surface area contributed by atoms with Crippen LogP contribution in [0.3, 0.4) is 0 Å². The molecule has 174 valence electrons. The quantitative estimate of drug-likeness (QED) is 0.303. The standard InChI is InChI=1S/C21H24O11/c1-29-14-4-2-3-12(24)16(14)20(27)30-9-10-7-11(23)5-6-13(10)31-19-18(26)17(25)15(8-22)32-21(19)28/h2-7,15,17-19,21-26,28H,8-9H2,1H3/t15-,17-,18+,19-,21-/m1/s1. The van der Waals surface area contributed by atoms with Gasteiger partial charge in [-0.2, -0.15) is 0 Å². The number of phenols is 2. The fourth-order valence-electron chi connectivity index (χ4n) is 3.25. The van der Waals surface area contributed by atoms with E-state index in [9.17, 15) is 30.3 Å². The Morgan fingerprint density at radius 2 is 1.81 bits per heavy atom. The van der Waals surface area contributed by atoms with Crippen molar-refractivity contribution in [2.75, 3.05) is 13.7 Å². The summed E-state index contributed by atoms with van der Waals surface area (Å²) in [6.45, 7) is -1.04. The van der Waals surface area contributed by atoms with E-state index in [1.54, 1.807) is 0 Å². The third kappa shape index (κ3) is 4.87. The van der Waals surface area contributed by atoms with E-state index in [2.05, 4.69) is 0 Å². The molecule has 1 aliphatic rings. The molecule has 11 heteroatoms. The van der Waals surface area contributed by atoms with E-state index in [0.717, 1.165) is 0 Å². The molecule has 1 saturated heterocycles. The summed E-state index contributed by atoms with van der Waals surface area (Å²) >= 11 is 0. The van der Waals surface area contributed by atoms with Gasteiger partial charge in [0.2, 0.25) is 0 Å². The van der Waals surface area contributed by atoms with Crippen LogP contribution in [0.1, 0.15) is 15.9 Å². The fraction of sp³-hybridized carbons (Fsp3) is 0.381. The summed E-state index contributed by atoms with van der Waals surface area (Å²) < 4.78 is 20.9. The van der Waals surface area contributed by atoms with Crippen molar-refractivity contribution in [3.05, 3.63) is 47.5 Å². The minimum absolute atomic E-state index is 0.0150. The lowest BCUT2D eigenvalue weighted by atomic mass is 9.99. The first-order chi connectivity index (χ1) is 15.3. The maximum atomic E-state index is 12.5. The predicted molar refractivity (Wildman–Crippen MR) is 106 cm³/mol. The van der Waals surface area contributed by atoms with Crippen molar-refractivity contribution >= 4 is 5.97 Å². The Labute approximate surface area is 182 Å². The van der Waals surface area contributed by atoms with E-state index in [0.29, 0.717) is 0 Å². The molecule has 0 aromatic heterocycles. The van der Waals surface area contributed by atoms with Crippen LogP contribution in [0.25, 0.3) is 0 Å². The Kier molecular flexibility index (Phi) is 7.38. The number of hydrogen-bond donors (Lipinski definition) is 6. The highest BCUT2D eigenvalue weighted by Crippen LogP contribution is 2.31. The predicted octanol–water partition coefficient (Wildman–Crippen LogP) is -0.358. The van der Waals surface area contributed by atoms with Gasteiger partial charge in [0.15, 0.2) is 12.4 Å². The van der Waals surface area contributed by atoms with Crippen molar-refractivity contribution in [1.29, 1.82) is 0 Å². The van der Waals surface area contributed by atoms with E-state index in [1.165, 1.54) is 43.5 Å². The normalized spacial score (nSPS) is 25.2. The molecule has 2 aromatic carbocycles. The van der Waals surface area contributed by atoms with Gasteiger partial charge in [-0.15, -0.1) is 0 Å². The molecule has 6 N–H and O–H groups in total. The zero-order chi connectivity index (χ0) is 23.4. The molecular formula is C21H24O11. The lowest BCUT2D eigenvalue weighted by Crippen LogP contribution is -2.60. The highest BCUT2D eigenvalue weighted by atomic mass is 16.7. The number of esters is 1. The molecule has 0 unspecified atom stereocenters. The number of aliphatic hydroxyl groups excluding tert-OH is 4. The molecule has 11 nitrogen and oxygen atoms in total. The summed E-state index contributed by atoms with van der Waals surface area (Å²) in [5.41, 5.74) is -0.0341. The van der Waals surface area contributed by atoms with Crippen molar-refractivity contribution in [3.63, 3.8) is 0 Å². The molecule has 1 heterocycles. The Bertz CT molecular complexity index is 947. The minimum Gasteiger partial charge on any atom is -0.508 e. The van der Waals surface area contributed by atoms with Crippen molar-refractivity contribution in [1.82, 2.24) is 0 Å². The van der Waals surface area contributed by atoms with Gasteiger partial charge < -0.3 is 49.6 Å². The molecular weight excluding hydrogens is 428 g/mol. The number of phenolic OH excluding ortho intramolecular Hbond substituents is 2. The monoisotopic (exact) mass is 452 g/mol. The van der Waals surface area contributed by atoms with Gasteiger partial charge in [0.25, 0.3) is 0 Å². The molecule has 0 radical (unpaired) electrons. The topological polar surface area (TPSA) is 175 Å². The second-order valence-electron chi connectivity index (χ2n) is 7.03. The van der Waals surface area contributed by atoms with Gasteiger partial charge in [0, 0.05) is 5.56 Å². The summed E-state index contributed by atoms with van der Waals surface area (Å²) in [5, 5.41) is 59.4. The molecule has 32 heavy (non-hydrogen) atoms. The van der Waals surface area contributed by atoms with Crippen molar-refractivity contribution in [2.45, 2.75) is 37.3 Å². The third-order valence-electron chi connectivity index (χ3n) is 4.94. The lowest BCUT2D eigenvalue weighted by Gasteiger charge is -2.40. The van der Waals surface area contributed by atoms with Crippen LogP contribution in [0, 0.1) is 0 Å². The minimum atomic E-state index is -1.68. The fourth-order valence-corrected chi connectivity index (χ4v) is 3.25. The highest BCUT2D eigenvalue weighted by molar-refractivity contribution is 5.95. The van der Waals surface area contributed by atoms with Crippen molar-refractivity contribution in [2.24, 2.45) is 0 Å². The Hall–Kier alpha value is -3.09. The Morgan fingerprint density at radius 1 is 1.06 bits per heavy atom. The molecule has 2 aromatic rings. The van der Waals surface area contributed by atoms with Gasteiger partial charge in [-0.05, 0) is 30.3 Å². The van der Waals surface area contributed by atoms with Gasteiger partial charge in [0.05, 0.1) is 13.7 Å². The Balaban J connectivity index is 1.78. The van der Waals surface area contributed by atoms with Crippen molar-refractivity contribution < 1.29 is 54.4 Å². The first-order valence-corrected chi connectivity index (χ1v) is 9.59. The molecule has 1 aliphatic heterocycles. The molecule has 5 atom stereocenters. The van der Waals surface area contributed by atoms with Gasteiger partial charge >= 0.3 is 5.97 Å². The number of aromatic hydroxyl groups is 2. The number of carbonyl (C=O) groups excluding carboxylic acids is 1. The number of benzene rings is 2. The lowest BCUT2D eigenvalue weighted by molar-refractivity contribution is -0.280. The summed E-state index contributed by atoms with van der Waals surface area (Å²) in [7, 11) is 1.32. The average molecular weight is 452 g/mol. The number of hydrogen-bond acceptors (Lipinski definition) is 11. The second-order valence-corrected chi connectivity index (χ2v) is 7.03. The van der Waals surface area contributed by atoms with Crippen LogP contribution >= 0.6 is 0 Å². The zero-order valence-corrected chi connectivity index (χ0v) is 17.0. The molecule has 0 saturated carbocycles. The van der Waals surface area contributed by atoms with E-state index in [4.69, 9.17) is 24.1 Å². The maximum absolute atomic E-state index is 12.5. The largest absolute Gasteiger partial charge is 0.508 e. The first-order valence-electron chi connectivity index (χ1n) is 9.59. The van der Waals surface area contributed by atoms with Crippen LogP contribution in [0.2, 0.25) is 0 Å². The van der Waals surface area contributed by atoms with E-state index in [-0.39, 0.29) is 34.1 Å². The van der Waals surface area contributed by atoms with Crippen LogP contribution in [0.4, 0.5) is 0 Å². The van der Waals surface area contributed by atoms with Gasteiger partial charge in [0.1, 0.15) is 53.5 Å². The van der Waals surface area contributed by atoms with Crippen molar-refractivity contribution in [3.8, 4) is 23.0 Å². The van der Waals surface area contributed by atoms with Crippen LogP contribution in [-0.4, -0.2) is 81.0 Å². The first kappa shape index (κ1) is 23.6. The van der Waals surface area contributed by atoms with E-state index >= 15 is 0 Å². The number of carbonyl (C=O) groups is 1. The number of rotatable bonds is 7. The van der Waals surface area contributed by atoms with E-state index in [1.807, 2.05) is 0 Å². The van der Waals surface area contributed by atoms with Crippen LogP contribution < -0.4 is 9.47 Å². The van der Waals surface area contributed by atoms with Crippen LogP contribution in [-0.2, 0) is 16.1 Å². The number of aliphatic hydroxyl groups is 4. The summed E-state index contributed by atoms with van der Waals surface area (Å²) in [6, 6.07) is 8.06. The molecule has 3 rings (SSSR count). The Morgan fingerprint density at radius 3 is 2.50 bits per heavy atom. The maximum Gasteiger partial charge on any atom is 0.346 e. The SMILES string of the molecule is COc1cccc(O)c1C(=O)OCc1cc(O)ccc1O[C@@H]1[C@@H](O)[C@H](O)[C@@H](CO)O[C@H]1O. The summed E-state index contributed by atoms with van der Waals surface area (Å²) in [4.78, 5) is 12.5. The third-order valence-corrected chi connectivity index (χ3v) is 4.94. The average Bonchev–Trinajstić information content (AvgIpc) is 2.78.